The Bertz CT molecular complexity index is 912. The van der Waals surface area contributed by atoms with Gasteiger partial charge in [-0.3, -0.25) is 4.68 Å². The highest BCUT2D eigenvalue weighted by atomic mass is 19.4. The Morgan fingerprint density at radius 2 is 1.89 bits per heavy atom. The first kappa shape index (κ1) is 18.8. The van der Waals surface area contributed by atoms with Crippen molar-refractivity contribution in [2.75, 3.05) is 0 Å². The summed E-state index contributed by atoms with van der Waals surface area (Å²) >= 11 is 0. The topological polar surface area (TPSA) is 75.9 Å². The van der Waals surface area contributed by atoms with Crippen molar-refractivity contribution in [3.8, 4) is 17.0 Å². The van der Waals surface area contributed by atoms with Crippen molar-refractivity contribution < 1.29 is 18.3 Å². The summed E-state index contributed by atoms with van der Waals surface area (Å²) in [5.41, 5.74) is 1.62. The number of halogens is 3. The second-order valence-electron chi connectivity index (χ2n) is 6.14. The molecule has 0 saturated carbocycles. The molecule has 0 saturated heterocycles. The van der Waals surface area contributed by atoms with E-state index in [2.05, 4.69) is 20.6 Å². The molecule has 0 aliphatic carbocycles. The number of aromatic nitrogens is 4. The van der Waals surface area contributed by atoms with E-state index in [-0.39, 0.29) is 11.1 Å². The molecule has 142 valence electrons. The van der Waals surface area contributed by atoms with Crippen LogP contribution in [0.25, 0.3) is 11.3 Å². The quantitative estimate of drug-likeness (QED) is 0.714. The van der Waals surface area contributed by atoms with Gasteiger partial charge < -0.3 is 10.4 Å². The van der Waals surface area contributed by atoms with Crippen molar-refractivity contribution in [3.63, 3.8) is 0 Å². The summed E-state index contributed by atoms with van der Waals surface area (Å²) in [6, 6.07) is 6.93. The van der Waals surface area contributed by atoms with Gasteiger partial charge in [0.2, 0.25) is 0 Å². The molecular weight excluding hydrogens is 359 g/mol. The summed E-state index contributed by atoms with van der Waals surface area (Å²) in [4.78, 5) is 0. The summed E-state index contributed by atoms with van der Waals surface area (Å²) in [7, 11) is 1.85. The third kappa shape index (κ3) is 4.25. The molecule has 0 spiro atoms. The average molecular weight is 377 g/mol. The Kier molecular flexibility index (Phi) is 5.13. The molecule has 9 heteroatoms. The molecule has 0 aliphatic rings. The van der Waals surface area contributed by atoms with E-state index in [1.807, 2.05) is 13.1 Å². The summed E-state index contributed by atoms with van der Waals surface area (Å²) in [6.45, 7) is 2.57. The monoisotopic (exact) mass is 377 g/mol. The molecule has 2 N–H and O–H groups in total. The number of alkyl halides is 3. The second-order valence-corrected chi connectivity index (χ2v) is 6.14. The SMILES string of the molecule is Cc1cc(C(F)(F)F)cc(O)c1-c1ccc(CNCc2ccnn2C)nn1. The maximum Gasteiger partial charge on any atom is 0.416 e. The maximum absolute atomic E-state index is 12.8. The van der Waals surface area contributed by atoms with Crippen LogP contribution in [-0.2, 0) is 26.3 Å². The highest BCUT2D eigenvalue weighted by Crippen LogP contribution is 2.38. The lowest BCUT2D eigenvalue weighted by Gasteiger charge is -2.13. The number of aromatic hydroxyl groups is 1. The van der Waals surface area contributed by atoms with E-state index in [1.165, 1.54) is 6.92 Å². The van der Waals surface area contributed by atoms with Gasteiger partial charge in [0.15, 0.2) is 0 Å². The van der Waals surface area contributed by atoms with Crippen LogP contribution in [0.2, 0.25) is 0 Å². The molecule has 0 bridgehead atoms. The minimum absolute atomic E-state index is 0.241. The number of benzene rings is 1. The van der Waals surface area contributed by atoms with Gasteiger partial charge in [-0.05, 0) is 42.8 Å². The largest absolute Gasteiger partial charge is 0.507 e. The van der Waals surface area contributed by atoms with Crippen LogP contribution >= 0.6 is 0 Å². The Labute approximate surface area is 153 Å². The summed E-state index contributed by atoms with van der Waals surface area (Å²) in [6.07, 6.45) is -2.81. The molecule has 3 aromatic rings. The Morgan fingerprint density at radius 1 is 1.11 bits per heavy atom. The predicted octanol–water partition coefficient (Wildman–Crippen LogP) is 3.20. The number of aryl methyl sites for hydroxylation is 2. The zero-order valence-electron chi connectivity index (χ0n) is 14.7. The van der Waals surface area contributed by atoms with Gasteiger partial charge >= 0.3 is 6.18 Å². The van der Waals surface area contributed by atoms with Gasteiger partial charge in [-0.2, -0.15) is 28.5 Å². The van der Waals surface area contributed by atoms with Gasteiger partial charge in [0, 0.05) is 31.9 Å². The fraction of sp³-hybridized carbons (Fsp3) is 0.278. The van der Waals surface area contributed by atoms with Gasteiger partial charge in [0.1, 0.15) is 5.75 Å². The second kappa shape index (κ2) is 7.36. The molecule has 0 fully saturated rings. The van der Waals surface area contributed by atoms with Crippen molar-refractivity contribution in [2.24, 2.45) is 7.05 Å². The molecule has 0 amide bonds. The van der Waals surface area contributed by atoms with Gasteiger partial charge in [-0.15, -0.1) is 0 Å². The molecule has 0 radical (unpaired) electrons. The number of phenolic OH excluding ortho intramolecular Hbond substituents is 1. The van der Waals surface area contributed by atoms with E-state index >= 15 is 0 Å². The first-order valence-corrected chi connectivity index (χ1v) is 8.17. The van der Waals surface area contributed by atoms with Crippen molar-refractivity contribution in [1.82, 2.24) is 25.3 Å². The molecule has 27 heavy (non-hydrogen) atoms. The predicted molar refractivity (Wildman–Crippen MR) is 92.6 cm³/mol. The van der Waals surface area contributed by atoms with Crippen molar-refractivity contribution in [1.29, 1.82) is 0 Å². The van der Waals surface area contributed by atoms with Crippen molar-refractivity contribution in [3.05, 3.63) is 59.0 Å². The summed E-state index contributed by atoms with van der Waals surface area (Å²) in [5, 5.41) is 25.5. The van der Waals surface area contributed by atoms with Crippen LogP contribution in [0.4, 0.5) is 13.2 Å². The van der Waals surface area contributed by atoms with E-state index in [9.17, 15) is 18.3 Å². The average Bonchev–Trinajstić information content (AvgIpc) is 3.00. The molecule has 2 heterocycles. The van der Waals surface area contributed by atoms with Crippen LogP contribution in [0.15, 0.2) is 36.5 Å². The lowest BCUT2D eigenvalue weighted by molar-refractivity contribution is -0.137. The van der Waals surface area contributed by atoms with E-state index in [0.29, 0.717) is 30.5 Å². The number of hydrogen-bond donors (Lipinski definition) is 2. The zero-order valence-corrected chi connectivity index (χ0v) is 14.7. The first-order chi connectivity index (χ1) is 12.8. The number of nitrogens with zero attached hydrogens (tertiary/aromatic N) is 4. The number of phenols is 1. The van der Waals surface area contributed by atoms with Crippen LogP contribution in [-0.4, -0.2) is 25.1 Å². The number of hydrogen-bond acceptors (Lipinski definition) is 5. The minimum atomic E-state index is -4.52. The Balaban J connectivity index is 1.73. The van der Waals surface area contributed by atoms with Crippen LogP contribution in [0.3, 0.4) is 0 Å². The fourth-order valence-corrected chi connectivity index (χ4v) is 2.75. The van der Waals surface area contributed by atoms with E-state index in [4.69, 9.17) is 0 Å². The van der Waals surface area contributed by atoms with Gasteiger partial charge in [0.05, 0.1) is 22.6 Å². The number of nitrogens with one attached hydrogen (secondary N) is 1. The smallest absolute Gasteiger partial charge is 0.416 e. The molecule has 2 aromatic heterocycles. The first-order valence-electron chi connectivity index (χ1n) is 8.17. The molecule has 0 aliphatic heterocycles. The van der Waals surface area contributed by atoms with Gasteiger partial charge in [0.25, 0.3) is 0 Å². The lowest BCUT2D eigenvalue weighted by Crippen LogP contribution is -2.16. The molecule has 6 nitrogen and oxygen atoms in total. The standard InChI is InChI=1S/C18H18F3N5O/c1-11-7-12(18(19,20)21)8-16(27)17(11)15-4-3-13(24-25-15)9-22-10-14-5-6-23-26(14)2/h3-8,22,27H,9-10H2,1-2H3. The van der Waals surface area contributed by atoms with Crippen molar-refractivity contribution in [2.45, 2.75) is 26.2 Å². The van der Waals surface area contributed by atoms with Crippen LogP contribution in [0, 0.1) is 6.92 Å². The molecule has 0 atom stereocenters. The van der Waals surface area contributed by atoms with Gasteiger partial charge in [-0.25, -0.2) is 0 Å². The summed E-state index contributed by atoms with van der Waals surface area (Å²) < 4.78 is 40.2. The highest BCUT2D eigenvalue weighted by molar-refractivity contribution is 5.71. The lowest BCUT2D eigenvalue weighted by atomic mass is 10.0. The van der Waals surface area contributed by atoms with Crippen molar-refractivity contribution >= 4 is 0 Å². The van der Waals surface area contributed by atoms with Gasteiger partial charge in [-0.1, -0.05) is 0 Å². The highest BCUT2D eigenvalue weighted by Gasteiger charge is 2.32. The molecule has 3 rings (SSSR count). The van der Waals surface area contributed by atoms with E-state index in [0.717, 1.165) is 11.8 Å². The van der Waals surface area contributed by atoms with Crippen LogP contribution in [0.1, 0.15) is 22.5 Å². The molecule has 1 aromatic carbocycles. The van der Waals surface area contributed by atoms with E-state index in [1.54, 1.807) is 23.0 Å². The third-order valence-corrected chi connectivity index (χ3v) is 4.15. The summed E-state index contributed by atoms with van der Waals surface area (Å²) in [5.74, 6) is -0.473. The fourth-order valence-electron chi connectivity index (χ4n) is 2.75. The molecular formula is C18H18F3N5O. The zero-order chi connectivity index (χ0) is 19.6. The molecule has 0 unspecified atom stereocenters. The Morgan fingerprint density at radius 3 is 2.44 bits per heavy atom. The third-order valence-electron chi connectivity index (χ3n) is 4.15. The normalized spacial score (nSPS) is 11.7. The van der Waals surface area contributed by atoms with E-state index < -0.39 is 17.5 Å². The number of rotatable bonds is 5. The van der Waals surface area contributed by atoms with Crippen LogP contribution in [0.5, 0.6) is 5.75 Å². The Hall–Kier alpha value is -2.94. The van der Waals surface area contributed by atoms with Crippen LogP contribution < -0.4 is 5.32 Å². The maximum atomic E-state index is 12.8. The minimum Gasteiger partial charge on any atom is -0.507 e.